The Labute approximate surface area is 337 Å². The molecule has 0 aliphatic heterocycles. The second kappa shape index (κ2) is 28.6. The molecule has 0 aromatic carbocycles. The maximum absolute atomic E-state index is 13.3. The zero-order chi connectivity index (χ0) is 37.7. The minimum atomic E-state index is -0.671. The van der Waals surface area contributed by atoms with Crippen LogP contribution in [0.2, 0.25) is 0 Å². The van der Waals surface area contributed by atoms with Crippen molar-refractivity contribution in [1.29, 1.82) is 0 Å². The zero-order valence-electron chi connectivity index (χ0n) is 35.5. The van der Waals surface area contributed by atoms with Crippen LogP contribution in [0, 0.1) is 30.4 Å². The van der Waals surface area contributed by atoms with Crippen LogP contribution in [0.4, 0.5) is 0 Å². The summed E-state index contributed by atoms with van der Waals surface area (Å²) in [5, 5.41) is 0. The Morgan fingerprint density at radius 1 is 0.638 bits per heavy atom. The fourth-order valence-electron chi connectivity index (χ4n) is 5.15. The van der Waals surface area contributed by atoms with Crippen molar-refractivity contribution in [2.24, 2.45) is 17.8 Å². The van der Waals surface area contributed by atoms with Gasteiger partial charge in [0.1, 0.15) is 0 Å². The van der Waals surface area contributed by atoms with Crippen molar-refractivity contribution in [3.63, 3.8) is 0 Å². The molecule has 0 heterocycles. The van der Waals surface area contributed by atoms with Gasteiger partial charge in [-0.2, -0.15) is 6.92 Å². The standard InChI is InChI=1S/C26H47N2O2.C10H20NO.2C2H6.K/c1-13-16-26(24(30)20(4)5,28(12)22(8)9)18-15-14-17-25(10,23(29)19(2)3)27(11)21(6)7;1-7(2)10(12)9(5)11(6)8(3)4;2*1-2;/h1,13-15,19-22H,16-18H2,2-12H3;7-8H,1-6H3;2*1-2H3;/q2*-1;;;+1. The van der Waals surface area contributed by atoms with E-state index in [2.05, 4.69) is 63.5 Å². The first-order chi connectivity index (χ1) is 21.1. The van der Waals surface area contributed by atoms with Gasteiger partial charge in [0.2, 0.25) is 0 Å². The van der Waals surface area contributed by atoms with Crippen molar-refractivity contribution in [2.45, 2.75) is 173 Å². The molecule has 0 rings (SSSR count). The van der Waals surface area contributed by atoms with E-state index in [1.54, 1.807) is 6.08 Å². The van der Waals surface area contributed by atoms with E-state index in [-0.39, 0.29) is 98.6 Å². The Hall–Kier alpha value is -0.124. The van der Waals surface area contributed by atoms with Crippen LogP contribution in [0.1, 0.15) is 144 Å². The number of carbonyl (C=O) groups is 3. The summed E-state index contributed by atoms with van der Waals surface area (Å²) in [5.41, 5.74) is -1.25. The van der Waals surface area contributed by atoms with Gasteiger partial charge in [-0.3, -0.25) is 31.5 Å². The monoisotopic (exact) mass is 689 g/mol. The zero-order valence-corrected chi connectivity index (χ0v) is 38.6. The van der Waals surface area contributed by atoms with Gasteiger partial charge in [0.05, 0.1) is 11.1 Å². The molecule has 2 atom stereocenters. The van der Waals surface area contributed by atoms with E-state index in [1.807, 2.05) is 109 Å². The summed E-state index contributed by atoms with van der Waals surface area (Å²) in [6, 6.07) is 1.72. The van der Waals surface area contributed by atoms with Crippen molar-refractivity contribution in [3.8, 4) is 0 Å². The normalized spacial score (nSPS) is 13.9. The number of likely N-dealkylation sites (N-methyl/N-ethyl adjacent to an activating group) is 3. The first-order valence-electron chi connectivity index (χ1n) is 17.9. The van der Waals surface area contributed by atoms with E-state index in [4.69, 9.17) is 6.58 Å². The molecular weight excluding hydrogens is 610 g/mol. The van der Waals surface area contributed by atoms with Crippen LogP contribution in [0.25, 0.3) is 0 Å². The molecule has 0 bridgehead atoms. The van der Waals surface area contributed by atoms with Crippen molar-refractivity contribution < 1.29 is 65.8 Å². The summed E-state index contributed by atoms with van der Waals surface area (Å²) in [5.74, 6) is 0.662. The summed E-state index contributed by atoms with van der Waals surface area (Å²) in [7, 11) is 5.98. The van der Waals surface area contributed by atoms with E-state index >= 15 is 0 Å². The van der Waals surface area contributed by atoms with Crippen molar-refractivity contribution in [2.75, 3.05) is 21.1 Å². The van der Waals surface area contributed by atoms with Gasteiger partial charge in [0, 0.05) is 29.7 Å². The molecule has 0 amide bonds. The maximum atomic E-state index is 13.3. The molecule has 6 nitrogen and oxygen atoms in total. The molecule has 0 saturated heterocycles. The van der Waals surface area contributed by atoms with Crippen LogP contribution in [0.15, 0.2) is 18.2 Å². The summed E-state index contributed by atoms with van der Waals surface area (Å²) < 4.78 is 0. The number of hydrogen-bond donors (Lipinski definition) is 0. The first-order valence-corrected chi connectivity index (χ1v) is 17.9. The van der Waals surface area contributed by atoms with Crippen LogP contribution < -0.4 is 51.4 Å². The predicted octanol–water partition coefficient (Wildman–Crippen LogP) is 6.49. The number of ketones is 3. The number of Topliss-reactive ketones (excluding diaryl/α,β-unsaturated/α-hetero) is 3. The van der Waals surface area contributed by atoms with Crippen LogP contribution in [0.5, 0.6) is 0 Å². The average Bonchev–Trinajstić information content (AvgIpc) is 3.01. The fourth-order valence-corrected chi connectivity index (χ4v) is 5.15. The summed E-state index contributed by atoms with van der Waals surface area (Å²) >= 11 is 0. The van der Waals surface area contributed by atoms with Gasteiger partial charge >= 0.3 is 51.4 Å². The molecule has 0 aliphatic carbocycles. The third-order valence-corrected chi connectivity index (χ3v) is 8.82. The molecule has 0 aromatic heterocycles. The summed E-state index contributed by atoms with van der Waals surface area (Å²) in [4.78, 5) is 44.1. The number of hydrogen-bond acceptors (Lipinski definition) is 6. The van der Waals surface area contributed by atoms with Crippen molar-refractivity contribution in [1.82, 2.24) is 14.7 Å². The minimum Gasteiger partial charge on any atom is -0.518 e. The van der Waals surface area contributed by atoms with E-state index < -0.39 is 11.1 Å². The van der Waals surface area contributed by atoms with E-state index in [1.165, 1.54) is 0 Å². The summed E-state index contributed by atoms with van der Waals surface area (Å²) in [6.45, 7) is 42.0. The Kier molecular flexibility index (Phi) is 34.2. The largest absolute Gasteiger partial charge is 1.00 e. The van der Waals surface area contributed by atoms with Gasteiger partial charge in [-0.05, 0) is 87.0 Å². The minimum absolute atomic E-state index is 0. The smallest absolute Gasteiger partial charge is 0.518 e. The second-order valence-corrected chi connectivity index (χ2v) is 13.9. The molecule has 0 aromatic rings. The average molecular weight is 689 g/mol. The van der Waals surface area contributed by atoms with Gasteiger partial charge in [-0.15, -0.1) is 0 Å². The van der Waals surface area contributed by atoms with E-state index in [9.17, 15) is 14.4 Å². The number of rotatable bonds is 18. The van der Waals surface area contributed by atoms with Crippen molar-refractivity contribution in [3.05, 3.63) is 30.8 Å². The van der Waals surface area contributed by atoms with Gasteiger partial charge in [-0.1, -0.05) is 95.2 Å². The van der Waals surface area contributed by atoms with Crippen LogP contribution >= 0.6 is 0 Å². The maximum Gasteiger partial charge on any atom is 1.00 e. The SMILES string of the molecule is CC.CC.C[C-](C(=O)C(C)C)N(C)C(C)C.[CH-]=CCC(CC=CCC(C)(C(=O)C(C)C)N(C)C(C)C)(C(=O)C(C)C)N(C)C(C)C.[K+]. The van der Waals surface area contributed by atoms with Gasteiger partial charge < -0.3 is 16.3 Å². The Morgan fingerprint density at radius 3 is 1.32 bits per heavy atom. The van der Waals surface area contributed by atoms with Crippen LogP contribution in [-0.4, -0.2) is 82.4 Å². The molecule has 7 heteroatoms. The van der Waals surface area contributed by atoms with E-state index in [0.717, 1.165) is 6.04 Å². The molecule has 0 radical (unpaired) electrons. The molecule has 0 spiro atoms. The topological polar surface area (TPSA) is 60.9 Å². The number of nitrogens with zero attached hydrogens (tertiary/aromatic N) is 3. The Balaban J connectivity index is -0.000000289. The molecule has 0 saturated carbocycles. The van der Waals surface area contributed by atoms with Gasteiger partial charge in [-0.25, -0.2) is 0 Å². The molecule has 0 N–H and O–H groups in total. The molecule has 0 aliphatic rings. The molecule has 0 fully saturated rings. The van der Waals surface area contributed by atoms with Gasteiger partial charge in [0.15, 0.2) is 11.6 Å². The Morgan fingerprint density at radius 2 is 1.02 bits per heavy atom. The summed E-state index contributed by atoms with van der Waals surface area (Å²) in [6.07, 6.45) is 7.43. The first kappa shape index (κ1) is 56.3. The van der Waals surface area contributed by atoms with Gasteiger partial charge in [0.25, 0.3) is 0 Å². The second-order valence-electron chi connectivity index (χ2n) is 13.9. The van der Waals surface area contributed by atoms with E-state index in [0.29, 0.717) is 25.3 Å². The third kappa shape index (κ3) is 18.6. The molecule has 2 unspecified atom stereocenters. The number of carbonyl (C=O) groups excluding carboxylic acids is 3. The molecule has 47 heavy (non-hydrogen) atoms. The molecular formula is C40H79KN3O3-. The quantitative estimate of drug-likeness (QED) is 0.0933. The Bertz CT molecular complexity index is 882. The van der Waals surface area contributed by atoms with Crippen LogP contribution in [0.3, 0.4) is 0 Å². The fraction of sp³-hybridized carbons (Fsp3) is 0.800. The van der Waals surface area contributed by atoms with Crippen LogP contribution in [-0.2, 0) is 14.4 Å². The van der Waals surface area contributed by atoms with Crippen molar-refractivity contribution >= 4 is 17.3 Å². The molecule has 274 valence electrons. The third-order valence-electron chi connectivity index (χ3n) is 8.82. The predicted molar refractivity (Wildman–Crippen MR) is 203 cm³/mol.